The van der Waals surface area contributed by atoms with Crippen LogP contribution in [0.4, 0.5) is 0 Å². The minimum atomic E-state index is -1.66. The Morgan fingerprint density at radius 2 is 0.667 bits per heavy atom. The molecule has 0 radical (unpaired) electrons. The Morgan fingerprint density at radius 3 is 0.875 bits per heavy atom. The van der Waals surface area contributed by atoms with Crippen molar-refractivity contribution in [3.63, 3.8) is 0 Å². The van der Waals surface area contributed by atoms with Gasteiger partial charge in [-0.3, -0.25) is 14.4 Å². The molecule has 0 amide bonds. The molecule has 396 valence electrons. The van der Waals surface area contributed by atoms with E-state index in [0.29, 0.717) is 47.1 Å². The summed E-state index contributed by atoms with van der Waals surface area (Å²) in [6.45, 7) is 18.4. The predicted octanol–water partition coefficient (Wildman–Crippen LogP) is 4.72. The van der Waals surface area contributed by atoms with Crippen molar-refractivity contribution in [2.75, 3.05) is 19.8 Å². The number of hydrogen-bond donors (Lipinski definition) is 6. The number of phenols is 3. The van der Waals surface area contributed by atoms with Gasteiger partial charge in [-0.1, -0.05) is 98.7 Å². The van der Waals surface area contributed by atoms with Gasteiger partial charge in [0.25, 0.3) is 0 Å². The van der Waals surface area contributed by atoms with Crippen molar-refractivity contribution in [1.82, 2.24) is 13.7 Å². The van der Waals surface area contributed by atoms with Crippen molar-refractivity contribution < 1.29 is 59.2 Å². The van der Waals surface area contributed by atoms with Gasteiger partial charge in [-0.15, -0.1) is 0 Å². The summed E-state index contributed by atoms with van der Waals surface area (Å²) in [5.41, 5.74) is 1.43. The molecule has 0 aliphatic rings. The van der Waals surface area contributed by atoms with Crippen molar-refractivity contribution in [2.24, 2.45) is 0 Å². The van der Waals surface area contributed by atoms with Crippen LogP contribution in [0, 0.1) is 20.8 Å². The quantitative estimate of drug-likeness (QED) is 0.0487. The molecule has 0 bridgehead atoms. The zero-order valence-electron chi connectivity index (χ0n) is 43.9. The standard InChI is InChI=1S/C54H75N3O15/c1-31-19-34(22-40(46(31)64)52(4,5)6)13-16-43(61)70-28-37(58)25-55-49(67)56(26-38(59)29-71-44(62)17-14-35-20-32(2)47(65)41(23-35)53(7,8)9)51(69)57(50(55)68)27-39(60)30-72-45(63)18-15-36-21-33(3)48(66)42(24-36)54(10,11)12/h19-24,37-39,58-60,64-66H,13-18,25-30H2,1-12H3. The van der Waals surface area contributed by atoms with Crippen LogP contribution in [0.3, 0.4) is 0 Å². The van der Waals surface area contributed by atoms with Gasteiger partial charge in [0.05, 0.1) is 19.6 Å². The molecule has 4 rings (SSSR count). The fraction of sp³-hybridized carbons (Fsp3) is 0.556. The van der Waals surface area contributed by atoms with Crippen LogP contribution in [0.5, 0.6) is 17.2 Å². The summed E-state index contributed by atoms with van der Waals surface area (Å²) in [5.74, 6) is -1.62. The molecular formula is C54H75N3O15. The Bertz CT molecular complexity index is 2450. The van der Waals surface area contributed by atoms with E-state index < -0.39 is 92.7 Å². The third-order valence-corrected chi connectivity index (χ3v) is 12.2. The molecule has 1 heterocycles. The number of ether oxygens (including phenoxy) is 3. The van der Waals surface area contributed by atoms with Crippen molar-refractivity contribution >= 4 is 17.9 Å². The van der Waals surface area contributed by atoms with Crippen molar-refractivity contribution in [1.29, 1.82) is 0 Å². The van der Waals surface area contributed by atoms with Crippen LogP contribution >= 0.6 is 0 Å². The van der Waals surface area contributed by atoms with Crippen molar-refractivity contribution in [3.05, 3.63) is 118 Å². The number of benzene rings is 3. The minimum Gasteiger partial charge on any atom is -0.507 e. The zero-order chi connectivity index (χ0) is 54.2. The molecule has 3 unspecified atom stereocenters. The number of esters is 3. The Labute approximate surface area is 420 Å². The lowest BCUT2D eigenvalue weighted by Gasteiger charge is -2.22. The third kappa shape index (κ3) is 15.9. The number of hydrogen-bond acceptors (Lipinski definition) is 15. The number of aromatic hydroxyl groups is 3. The van der Waals surface area contributed by atoms with E-state index in [-0.39, 0.29) is 72.0 Å². The molecule has 0 aliphatic carbocycles. The molecule has 72 heavy (non-hydrogen) atoms. The largest absolute Gasteiger partial charge is 0.507 e. The average molecular weight is 1010 g/mol. The summed E-state index contributed by atoms with van der Waals surface area (Å²) in [5, 5.41) is 64.7. The second kappa shape index (κ2) is 24.0. The number of aryl methyl sites for hydroxylation is 6. The predicted molar refractivity (Wildman–Crippen MR) is 270 cm³/mol. The molecule has 0 saturated heterocycles. The number of carbonyl (C=O) groups is 3. The van der Waals surface area contributed by atoms with Gasteiger partial charge in [0.1, 0.15) is 55.4 Å². The minimum absolute atomic E-state index is 0.105. The van der Waals surface area contributed by atoms with Crippen molar-refractivity contribution in [3.8, 4) is 17.2 Å². The highest BCUT2D eigenvalue weighted by atomic mass is 16.6. The first-order chi connectivity index (χ1) is 33.3. The molecule has 0 spiro atoms. The van der Waals surface area contributed by atoms with Gasteiger partial charge < -0.3 is 44.8 Å². The number of nitrogens with zero attached hydrogens (tertiary/aromatic N) is 3. The van der Waals surface area contributed by atoms with Crippen LogP contribution in [0.1, 0.15) is 132 Å². The first kappa shape index (κ1) is 58.3. The molecule has 3 aromatic carbocycles. The highest BCUT2D eigenvalue weighted by Crippen LogP contribution is 2.36. The lowest BCUT2D eigenvalue weighted by molar-refractivity contribution is -0.147. The number of phenolic OH excluding ortho intramolecular Hbond substituents is 3. The van der Waals surface area contributed by atoms with Crippen molar-refractivity contribution in [2.45, 2.75) is 176 Å². The SMILES string of the molecule is Cc1cc(CCC(=O)OCC(O)Cn2c(=O)n(CC(O)COC(=O)CCc3cc(C)c(O)c(C(C)(C)C)c3)c(=O)n(CC(O)COC(=O)CCc3cc(C)c(O)c(C(C)(C)C)c3)c2=O)cc(C(C)(C)C)c1O. The molecule has 1 aromatic heterocycles. The molecule has 3 atom stereocenters. The van der Waals surface area contributed by atoms with Crippen LogP contribution in [-0.4, -0.2) is 100 Å². The molecule has 18 nitrogen and oxygen atoms in total. The van der Waals surface area contributed by atoms with Gasteiger partial charge in [0, 0.05) is 19.3 Å². The summed E-state index contributed by atoms with van der Waals surface area (Å²) >= 11 is 0. The van der Waals surface area contributed by atoms with Crippen LogP contribution in [0.25, 0.3) is 0 Å². The summed E-state index contributed by atoms with van der Waals surface area (Å²) in [4.78, 5) is 79.9. The van der Waals surface area contributed by atoms with E-state index in [2.05, 4.69) is 0 Å². The number of aromatic nitrogens is 3. The van der Waals surface area contributed by atoms with Gasteiger partial charge in [0.2, 0.25) is 0 Å². The monoisotopic (exact) mass is 1010 g/mol. The summed E-state index contributed by atoms with van der Waals surface area (Å²) in [7, 11) is 0. The fourth-order valence-electron chi connectivity index (χ4n) is 8.18. The maximum atomic E-state index is 13.8. The maximum absolute atomic E-state index is 13.8. The maximum Gasteiger partial charge on any atom is 0.336 e. The van der Waals surface area contributed by atoms with Crippen LogP contribution in [0.15, 0.2) is 50.8 Å². The zero-order valence-corrected chi connectivity index (χ0v) is 43.9. The van der Waals surface area contributed by atoms with E-state index in [1.54, 1.807) is 39.0 Å². The Hall–Kier alpha value is -6.24. The van der Waals surface area contributed by atoms with Gasteiger partial charge in [-0.05, 0) is 106 Å². The van der Waals surface area contributed by atoms with E-state index in [1.165, 1.54) is 0 Å². The van der Waals surface area contributed by atoms with Gasteiger partial charge in [-0.25, -0.2) is 28.1 Å². The Kier molecular flexibility index (Phi) is 19.4. The van der Waals surface area contributed by atoms with Crippen LogP contribution in [0.2, 0.25) is 0 Å². The van der Waals surface area contributed by atoms with Gasteiger partial charge in [-0.2, -0.15) is 0 Å². The topological polar surface area (TPSA) is 266 Å². The summed E-state index contributed by atoms with van der Waals surface area (Å²) in [6.07, 6.45) is -4.55. The molecule has 0 fully saturated rings. The summed E-state index contributed by atoms with van der Waals surface area (Å²) < 4.78 is 17.3. The second-order valence-electron chi connectivity index (χ2n) is 21.9. The van der Waals surface area contributed by atoms with Gasteiger partial charge >= 0.3 is 35.0 Å². The lowest BCUT2D eigenvalue weighted by atomic mass is 9.83. The highest BCUT2D eigenvalue weighted by Gasteiger charge is 2.26. The smallest absolute Gasteiger partial charge is 0.336 e. The van der Waals surface area contributed by atoms with Gasteiger partial charge in [0.15, 0.2) is 0 Å². The first-order valence-electron chi connectivity index (χ1n) is 24.2. The summed E-state index contributed by atoms with van der Waals surface area (Å²) in [6, 6.07) is 10.7. The van der Waals surface area contributed by atoms with E-state index in [9.17, 15) is 59.4 Å². The Morgan fingerprint density at radius 1 is 0.444 bits per heavy atom. The number of aliphatic hydroxyl groups is 3. The lowest BCUT2D eigenvalue weighted by Crippen LogP contribution is -2.57. The van der Waals surface area contributed by atoms with E-state index in [4.69, 9.17) is 14.2 Å². The van der Waals surface area contributed by atoms with E-state index in [1.807, 2.05) is 80.5 Å². The highest BCUT2D eigenvalue weighted by molar-refractivity contribution is 5.71. The normalized spacial score (nSPS) is 13.4. The van der Waals surface area contributed by atoms with Crippen LogP contribution < -0.4 is 17.1 Å². The number of carbonyl (C=O) groups excluding carboxylic acids is 3. The molecule has 6 N–H and O–H groups in total. The molecule has 0 aliphatic heterocycles. The number of rotatable bonds is 21. The van der Waals surface area contributed by atoms with E-state index >= 15 is 0 Å². The molecular weight excluding hydrogens is 931 g/mol. The fourth-order valence-corrected chi connectivity index (χ4v) is 8.18. The first-order valence-corrected chi connectivity index (χ1v) is 24.2. The average Bonchev–Trinajstić information content (AvgIpc) is 3.28. The third-order valence-electron chi connectivity index (χ3n) is 12.2. The van der Waals surface area contributed by atoms with E-state index in [0.717, 1.165) is 16.7 Å². The number of aliphatic hydroxyl groups excluding tert-OH is 3. The molecule has 18 heteroatoms. The second-order valence-corrected chi connectivity index (χ2v) is 21.9. The molecule has 0 saturated carbocycles. The van der Waals surface area contributed by atoms with Crippen LogP contribution in [-0.2, 0) is 83.7 Å². The molecule has 4 aromatic rings. The Balaban J connectivity index is 1.49.